The molecule has 0 aliphatic heterocycles. The summed E-state index contributed by atoms with van der Waals surface area (Å²) >= 11 is 2.98. The molecule has 5 rings (SSSR count). The molecule has 5 nitrogen and oxygen atoms in total. The summed E-state index contributed by atoms with van der Waals surface area (Å²) in [5.41, 5.74) is 4.05. The first-order valence-electron chi connectivity index (χ1n) is 11.6. The van der Waals surface area contributed by atoms with Crippen molar-refractivity contribution in [1.29, 1.82) is 0 Å². The maximum absolute atomic E-state index is 13.9. The molecule has 1 amide bonds. The molecule has 4 aromatic rings. The predicted molar refractivity (Wildman–Crippen MR) is 140 cm³/mol. The Morgan fingerprint density at radius 3 is 2.74 bits per heavy atom. The first-order chi connectivity index (χ1) is 16.5. The average molecular weight is 490 g/mol. The number of aryl methyl sites for hydroxylation is 3. The van der Waals surface area contributed by atoms with Crippen molar-refractivity contribution < 1.29 is 4.79 Å². The predicted octanol–water partition coefficient (Wildman–Crippen LogP) is 5.43. The number of fused-ring (bicyclic) bond motifs is 3. The highest BCUT2D eigenvalue weighted by atomic mass is 32.2. The second kappa shape index (κ2) is 9.76. The molecule has 0 spiro atoms. The summed E-state index contributed by atoms with van der Waals surface area (Å²) in [5, 5.41) is 3.92. The van der Waals surface area contributed by atoms with Crippen molar-refractivity contribution >= 4 is 39.2 Å². The molecule has 2 aromatic heterocycles. The molecule has 2 aromatic carbocycles. The van der Waals surface area contributed by atoms with E-state index in [4.69, 9.17) is 4.98 Å². The lowest BCUT2D eigenvalue weighted by molar-refractivity contribution is -0.120. The molecule has 7 heteroatoms. The number of benzene rings is 2. The summed E-state index contributed by atoms with van der Waals surface area (Å²) in [5.74, 6) is -0.0792. The third-order valence-electron chi connectivity index (χ3n) is 6.18. The number of amides is 1. The Hall–Kier alpha value is -2.90. The number of rotatable bonds is 6. The number of nitrogens with one attached hydrogen (secondary N) is 1. The zero-order valence-corrected chi connectivity index (χ0v) is 21.0. The number of nitrogens with zero attached hydrogens (tertiary/aromatic N) is 2. The van der Waals surface area contributed by atoms with Gasteiger partial charge in [0.25, 0.3) is 5.56 Å². The van der Waals surface area contributed by atoms with Crippen LogP contribution in [0.2, 0.25) is 0 Å². The Balaban J connectivity index is 1.52. The van der Waals surface area contributed by atoms with Gasteiger partial charge in [0, 0.05) is 11.4 Å². The summed E-state index contributed by atoms with van der Waals surface area (Å²) in [6, 6.07) is 17.7. The third kappa shape index (κ3) is 4.55. The van der Waals surface area contributed by atoms with Crippen molar-refractivity contribution in [2.24, 2.45) is 0 Å². The number of carbonyl (C=O) groups excluding carboxylic acids is 1. The van der Waals surface area contributed by atoms with Crippen LogP contribution in [0.4, 0.5) is 0 Å². The third-order valence-corrected chi connectivity index (χ3v) is 8.42. The smallest absolute Gasteiger partial charge is 0.267 e. The van der Waals surface area contributed by atoms with Crippen molar-refractivity contribution in [3.8, 4) is 5.69 Å². The Labute approximate surface area is 207 Å². The molecule has 1 atom stereocenters. The Morgan fingerprint density at radius 2 is 1.94 bits per heavy atom. The lowest BCUT2D eigenvalue weighted by Gasteiger charge is -2.17. The van der Waals surface area contributed by atoms with Gasteiger partial charge >= 0.3 is 0 Å². The normalized spacial score (nSPS) is 14.1. The number of aromatic nitrogens is 2. The van der Waals surface area contributed by atoms with Gasteiger partial charge in [-0.05, 0) is 68.4 Å². The van der Waals surface area contributed by atoms with Gasteiger partial charge in [0.05, 0.1) is 16.3 Å². The van der Waals surface area contributed by atoms with Gasteiger partial charge in [-0.1, -0.05) is 54.2 Å². The van der Waals surface area contributed by atoms with E-state index in [0.29, 0.717) is 11.7 Å². The van der Waals surface area contributed by atoms with Crippen LogP contribution in [0.3, 0.4) is 0 Å². The monoisotopic (exact) mass is 489 g/mol. The van der Waals surface area contributed by atoms with E-state index in [1.54, 1.807) is 15.9 Å². The zero-order chi connectivity index (χ0) is 23.7. The maximum atomic E-state index is 13.9. The Kier molecular flexibility index (Phi) is 6.57. The van der Waals surface area contributed by atoms with Crippen LogP contribution in [0, 0.1) is 6.92 Å². The van der Waals surface area contributed by atoms with Gasteiger partial charge < -0.3 is 5.32 Å². The minimum atomic E-state index is -0.404. The molecule has 1 N–H and O–H groups in total. The molecule has 0 unspecified atom stereocenters. The van der Waals surface area contributed by atoms with Crippen LogP contribution in [0.15, 0.2) is 64.5 Å². The lowest BCUT2D eigenvalue weighted by Crippen LogP contribution is -2.31. The van der Waals surface area contributed by atoms with Gasteiger partial charge in [0.15, 0.2) is 5.16 Å². The molecule has 174 valence electrons. The summed E-state index contributed by atoms with van der Waals surface area (Å²) in [6.45, 7) is 4.35. The fourth-order valence-corrected chi connectivity index (χ4v) is 6.65. The second-order valence-corrected chi connectivity index (χ2v) is 11.1. The average Bonchev–Trinajstić information content (AvgIpc) is 3.22. The number of thiophene rings is 1. The molecule has 1 aliphatic carbocycles. The van der Waals surface area contributed by atoms with E-state index in [1.165, 1.54) is 22.2 Å². The zero-order valence-electron chi connectivity index (χ0n) is 19.3. The van der Waals surface area contributed by atoms with E-state index >= 15 is 0 Å². The van der Waals surface area contributed by atoms with E-state index in [9.17, 15) is 9.59 Å². The summed E-state index contributed by atoms with van der Waals surface area (Å²) in [7, 11) is 0. The molecule has 0 saturated carbocycles. The van der Waals surface area contributed by atoms with Gasteiger partial charge in [-0.15, -0.1) is 11.3 Å². The SMILES string of the molecule is Cc1cccc(-n2c(S[C@@H](C)C(=O)NCc3ccccc3)nc3sc4c(c3c2=O)CCCC4)c1. The molecular weight excluding hydrogens is 462 g/mol. The fourth-order valence-electron chi connectivity index (χ4n) is 4.40. The van der Waals surface area contributed by atoms with Gasteiger partial charge in [0.2, 0.25) is 5.91 Å². The van der Waals surface area contributed by atoms with Crippen LogP contribution < -0.4 is 10.9 Å². The van der Waals surface area contributed by atoms with Crippen molar-refractivity contribution in [2.45, 2.75) is 56.5 Å². The van der Waals surface area contributed by atoms with Crippen LogP contribution in [-0.4, -0.2) is 20.7 Å². The van der Waals surface area contributed by atoms with Gasteiger partial charge in [-0.2, -0.15) is 0 Å². The highest BCUT2D eigenvalue weighted by Gasteiger charge is 2.25. The molecule has 34 heavy (non-hydrogen) atoms. The quantitative estimate of drug-likeness (QED) is 0.290. The number of thioether (sulfide) groups is 1. The molecule has 0 bridgehead atoms. The van der Waals surface area contributed by atoms with Gasteiger partial charge in [-0.25, -0.2) is 4.98 Å². The number of hydrogen-bond acceptors (Lipinski definition) is 5. The molecule has 2 heterocycles. The van der Waals surface area contributed by atoms with Gasteiger partial charge in [-0.3, -0.25) is 14.2 Å². The summed E-state index contributed by atoms with van der Waals surface area (Å²) in [6.07, 6.45) is 4.22. The van der Waals surface area contributed by atoms with Crippen LogP contribution in [-0.2, 0) is 24.2 Å². The van der Waals surface area contributed by atoms with E-state index < -0.39 is 5.25 Å². The van der Waals surface area contributed by atoms with Gasteiger partial charge in [0.1, 0.15) is 4.83 Å². The number of carbonyl (C=O) groups is 1. The van der Waals surface area contributed by atoms with Crippen LogP contribution >= 0.6 is 23.1 Å². The van der Waals surface area contributed by atoms with Crippen molar-refractivity contribution in [1.82, 2.24) is 14.9 Å². The van der Waals surface area contributed by atoms with E-state index in [-0.39, 0.29) is 11.5 Å². The lowest BCUT2D eigenvalue weighted by atomic mass is 9.97. The molecule has 0 radical (unpaired) electrons. The van der Waals surface area contributed by atoms with Crippen molar-refractivity contribution in [3.05, 3.63) is 86.5 Å². The summed E-state index contributed by atoms with van der Waals surface area (Å²) in [4.78, 5) is 33.8. The highest BCUT2D eigenvalue weighted by molar-refractivity contribution is 8.00. The van der Waals surface area contributed by atoms with E-state index in [0.717, 1.165) is 52.7 Å². The summed E-state index contributed by atoms with van der Waals surface area (Å²) < 4.78 is 1.70. The standard InChI is InChI=1S/C27H27N3O2S2/c1-17-9-8-12-20(15-17)30-26(32)23-21-13-6-7-14-22(21)34-25(23)29-27(30)33-18(2)24(31)28-16-19-10-4-3-5-11-19/h3-5,8-12,15,18H,6-7,13-14,16H2,1-2H3,(H,28,31)/t18-/m0/s1. The van der Waals surface area contributed by atoms with E-state index in [1.807, 2.05) is 68.4 Å². The molecule has 0 saturated heterocycles. The van der Waals surface area contributed by atoms with Crippen LogP contribution in [0.1, 0.15) is 41.3 Å². The largest absolute Gasteiger partial charge is 0.351 e. The minimum absolute atomic E-state index is 0.0330. The van der Waals surface area contributed by atoms with Crippen molar-refractivity contribution in [2.75, 3.05) is 0 Å². The Morgan fingerprint density at radius 1 is 1.15 bits per heavy atom. The Bertz CT molecular complexity index is 1410. The minimum Gasteiger partial charge on any atom is -0.351 e. The van der Waals surface area contributed by atoms with E-state index in [2.05, 4.69) is 5.32 Å². The molecular formula is C27H27N3O2S2. The molecule has 0 fully saturated rings. The first-order valence-corrected chi connectivity index (χ1v) is 13.3. The maximum Gasteiger partial charge on any atom is 0.267 e. The van der Waals surface area contributed by atoms with Crippen LogP contribution in [0.5, 0.6) is 0 Å². The number of hydrogen-bond donors (Lipinski definition) is 1. The first kappa shape index (κ1) is 22.9. The van der Waals surface area contributed by atoms with Crippen molar-refractivity contribution in [3.63, 3.8) is 0 Å². The second-order valence-electron chi connectivity index (χ2n) is 8.73. The highest BCUT2D eigenvalue weighted by Crippen LogP contribution is 2.35. The molecule has 1 aliphatic rings. The van der Waals surface area contributed by atoms with Crippen LogP contribution in [0.25, 0.3) is 15.9 Å². The topological polar surface area (TPSA) is 64.0 Å². The fraction of sp³-hybridized carbons (Fsp3) is 0.296.